The third-order valence-electron chi connectivity index (χ3n) is 3.52. The summed E-state index contributed by atoms with van der Waals surface area (Å²) < 4.78 is 7.31. The first kappa shape index (κ1) is 11.3. The average Bonchev–Trinajstić information content (AvgIpc) is 2.79. The van der Waals surface area contributed by atoms with E-state index in [1.165, 1.54) is 0 Å². The van der Waals surface area contributed by atoms with Gasteiger partial charge in [0.25, 0.3) is 0 Å². The van der Waals surface area contributed by atoms with Crippen LogP contribution in [-0.2, 0) is 4.74 Å². The van der Waals surface area contributed by atoms with Gasteiger partial charge >= 0.3 is 5.97 Å². The monoisotopic (exact) mass is 245 g/mol. The molecule has 0 amide bonds. The van der Waals surface area contributed by atoms with E-state index in [4.69, 9.17) is 4.74 Å². The van der Waals surface area contributed by atoms with Crippen LogP contribution in [0, 0.1) is 0 Å². The van der Waals surface area contributed by atoms with Crippen molar-refractivity contribution in [2.45, 2.75) is 18.9 Å². The molecule has 1 fully saturated rings. The number of carboxylic acids is 1. The molecule has 1 aromatic carbocycles. The van der Waals surface area contributed by atoms with Gasteiger partial charge < -0.3 is 14.4 Å². The fraction of sp³-hybridized carbons (Fsp3) is 0.357. The van der Waals surface area contributed by atoms with Gasteiger partial charge in [0.15, 0.2) is 0 Å². The molecule has 0 atom stereocenters. The summed E-state index contributed by atoms with van der Waals surface area (Å²) in [6, 6.07) is 9.80. The Balaban J connectivity index is 2.17. The predicted molar refractivity (Wildman–Crippen MR) is 68.0 cm³/mol. The predicted octanol–water partition coefficient (Wildman–Crippen LogP) is 2.69. The standard InChI is InChI=1S/C14H15NO3/c16-14(17)13-9-10-3-1-2-4-12(10)15(13)11-5-7-18-8-6-11/h1-4,9,11H,5-8H2,(H,16,17). The van der Waals surface area contributed by atoms with Crippen molar-refractivity contribution < 1.29 is 14.6 Å². The van der Waals surface area contributed by atoms with Crippen molar-refractivity contribution in [3.8, 4) is 0 Å². The van der Waals surface area contributed by atoms with Gasteiger partial charge in [-0.2, -0.15) is 0 Å². The molecule has 0 saturated carbocycles. The molecule has 1 aliphatic heterocycles. The minimum atomic E-state index is -0.863. The van der Waals surface area contributed by atoms with Crippen molar-refractivity contribution in [2.75, 3.05) is 13.2 Å². The first-order valence-corrected chi connectivity index (χ1v) is 6.18. The van der Waals surface area contributed by atoms with Gasteiger partial charge in [0.1, 0.15) is 5.69 Å². The van der Waals surface area contributed by atoms with E-state index in [-0.39, 0.29) is 6.04 Å². The Kier molecular flexibility index (Phi) is 2.80. The molecule has 0 aliphatic carbocycles. The molecule has 0 radical (unpaired) electrons. The van der Waals surface area contributed by atoms with Crippen molar-refractivity contribution >= 4 is 16.9 Å². The molecule has 2 aromatic rings. The molecule has 4 nitrogen and oxygen atoms in total. The van der Waals surface area contributed by atoms with E-state index in [1.54, 1.807) is 6.07 Å². The number of nitrogens with zero attached hydrogens (tertiary/aromatic N) is 1. The number of aromatic carboxylic acids is 1. The lowest BCUT2D eigenvalue weighted by Crippen LogP contribution is -2.22. The SMILES string of the molecule is O=C(O)c1cc2ccccc2n1C1CCOCC1. The third kappa shape index (κ3) is 1.78. The maximum absolute atomic E-state index is 11.4. The van der Waals surface area contributed by atoms with Gasteiger partial charge in [-0.3, -0.25) is 0 Å². The van der Waals surface area contributed by atoms with E-state index in [9.17, 15) is 9.90 Å². The molecule has 0 bridgehead atoms. The highest BCUT2D eigenvalue weighted by atomic mass is 16.5. The Morgan fingerprint density at radius 3 is 2.72 bits per heavy atom. The van der Waals surface area contributed by atoms with Crippen LogP contribution in [0.4, 0.5) is 0 Å². The quantitative estimate of drug-likeness (QED) is 0.885. The molecule has 4 heteroatoms. The molecule has 0 unspecified atom stereocenters. The Hall–Kier alpha value is -1.81. The minimum absolute atomic E-state index is 0.227. The smallest absolute Gasteiger partial charge is 0.352 e. The highest BCUT2D eigenvalue weighted by molar-refractivity contribution is 5.94. The molecule has 0 spiro atoms. The molecule has 1 aromatic heterocycles. The normalized spacial score (nSPS) is 17.1. The van der Waals surface area contributed by atoms with Gasteiger partial charge in [0.2, 0.25) is 0 Å². The number of fused-ring (bicyclic) bond motifs is 1. The lowest BCUT2D eigenvalue weighted by Gasteiger charge is -2.25. The van der Waals surface area contributed by atoms with Crippen LogP contribution in [0.2, 0.25) is 0 Å². The maximum atomic E-state index is 11.4. The van der Waals surface area contributed by atoms with Crippen molar-refractivity contribution in [2.24, 2.45) is 0 Å². The number of carbonyl (C=O) groups is 1. The molecule has 18 heavy (non-hydrogen) atoms. The van der Waals surface area contributed by atoms with E-state index in [2.05, 4.69) is 0 Å². The zero-order valence-electron chi connectivity index (χ0n) is 10.0. The van der Waals surface area contributed by atoms with E-state index < -0.39 is 5.97 Å². The zero-order chi connectivity index (χ0) is 12.5. The summed E-state index contributed by atoms with van der Waals surface area (Å²) >= 11 is 0. The highest BCUT2D eigenvalue weighted by Crippen LogP contribution is 2.29. The minimum Gasteiger partial charge on any atom is -0.477 e. The first-order valence-electron chi connectivity index (χ1n) is 6.18. The average molecular weight is 245 g/mol. The zero-order valence-corrected chi connectivity index (χ0v) is 10.0. The second kappa shape index (κ2) is 4.46. The van der Waals surface area contributed by atoms with Gasteiger partial charge in [0.05, 0.1) is 0 Å². The molecule has 1 aliphatic rings. The lowest BCUT2D eigenvalue weighted by molar-refractivity contribution is 0.0616. The number of ether oxygens (including phenoxy) is 1. The first-order chi connectivity index (χ1) is 8.77. The summed E-state index contributed by atoms with van der Waals surface area (Å²) in [4.78, 5) is 11.4. The molecule has 1 saturated heterocycles. The van der Waals surface area contributed by atoms with Crippen molar-refractivity contribution in [1.82, 2.24) is 4.57 Å². The van der Waals surface area contributed by atoms with E-state index in [0.717, 1.165) is 23.7 Å². The van der Waals surface area contributed by atoms with Crippen LogP contribution >= 0.6 is 0 Å². The van der Waals surface area contributed by atoms with Crippen molar-refractivity contribution in [3.05, 3.63) is 36.0 Å². The van der Waals surface area contributed by atoms with Crippen LogP contribution in [0.25, 0.3) is 10.9 Å². The summed E-state index contributed by atoms with van der Waals surface area (Å²) in [5, 5.41) is 10.3. The van der Waals surface area contributed by atoms with Crippen LogP contribution in [0.1, 0.15) is 29.4 Å². The van der Waals surface area contributed by atoms with E-state index >= 15 is 0 Å². The fourth-order valence-electron chi connectivity index (χ4n) is 2.68. The van der Waals surface area contributed by atoms with Crippen LogP contribution in [0.5, 0.6) is 0 Å². The topological polar surface area (TPSA) is 51.5 Å². The van der Waals surface area contributed by atoms with Gasteiger partial charge in [-0.25, -0.2) is 4.79 Å². The number of hydrogen-bond acceptors (Lipinski definition) is 2. The van der Waals surface area contributed by atoms with Gasteiger partial charge in [-0.15, -0.1) is 0 Å². The summed E-state index contributed by atoms with van der Waals surface area (Å²) in [6.45, 7) is 1.41. The van der Waals surface area contributed by atoms with Crippen LogP contribution < -0.4 is 0 Å². The number of rotatable bonds is 2. The van der Waals surface area contributed by atoms with E-state index in [1.807, 2.05) is 28.8 Å². The Labute approximate surface area is 105 Å². The Morgan fingerprint density at radius 2 is 2.00 bits per heavy atom. The maximum Gasteiger partial charge on any atom is 0.352 e. The number of benzene rings is 1. The van der Waals surface area contributed by atoms with Crippen LogP contribution in [0.3, 0.4) is 0 Å². The van der Waals surface area contributed by atoms with E-state index in [0.29, 0.717) is 18.9 Å². The number of hydrogen-bond donors (Lipinski definition) is 1. The number of aromatic nitrogens is 1. The van der Waals surface area contributed by atoms with Crippen LogP contribution in [-0.4, -0.2) is 28.9 Å². The second-order valence-electron chi connectivity index (χ2n) is 4.61. The highest BCUT2D eigenvalue weighted by Gasteiger charge is 2.23. The summed E-state index contributed by atoms with van der Waals surface area (Å²) in [6.07, 6.45) is 1.75. The van der Waals surface area contributed by atoms with Crippen LogP contribution in [0.15, 0.2) is 30.3 Å². The Morgan fingerprint density at radius 1 is 1.28 bits per heavy atom. The van der Waals surface area contributed by atoms with Gasteiger partial charge in [0, 0.05) is 30.2 Å². The molecule has 94 valence electrons. The molecular weight excluding hydrogens is 230 g/mol. The third-order valence-corrected chi connectivity index (χ3v) is 3.52. The molecule has 3 rings (SSSR count). The second-order valence-corrected chi connectivity index (χ2v) is 4.61. The fourth-order valence-corrected chi connectivity index (χ4v) is 2.68. The number of para-hydroxylation sites is 1. The van der Waals surface area contributed by atoms with Crippen molar-refractivity contribution in [1.29, 1.82) is 0 Å². The largest absolute Gasteiger partial charge is 0.477 e. The number of carboxylic acid groups (broad SMARTS) is 1. The van der Waals surface area contributed by atoms with Crippen molar-refractivity contribution in [3.63, 3.8) is 0 Å². The molecule has 1 N–H and O–H groups in total. The lowest BCUT2D eigenvalue weighted by atomic mass is 10.1. The van der Waals surface area contributed by atoms with Gasteiger partial charge in [-0.1, -0.05) is 18.2 Å². The Bertz CT molecular complexity index is 582. The summed E-state index contributed by atoms with van der Waals surface area (Å²) in [7, 11) is 0. The van der Waals surface area contributed by atoms with Gasteiger partial charge in [-0.05, 0) is 25.0 Å². The summed E-state index contributed by atoms with van der Waals surface area (Å²) in [5.41, 5.74) is 1.38. The molecular formula is C14H15NO3. The summed E-state index contributed by atoms with van der Waals surface area (Å²) in [5.74, 6) is -0.863. The molecule has 2 heterocycles.